The Labute approximate surface area is 181 Å². The number of nitrogens with one attached hydrogen (secondary N) is 1. The lowest BCUT2D eigenvalue weighted by atomic mass is 9.98. The Morgan fingerprint density at radius 1 is 1.17 bits per heavy atom. The number of aliphatic imine (C=N–C) groups is 1. The van der Waals surface area contributed by atoms with Crippen molar-refractivity contribution in [3.63, 3.8) is 0 Å². The van der Waals surface area contributed by atoms with Crippen molar-refractivity contribution in [2.75, 3.05) is 26.7 Å². The molecule has 0 amide bonds. The molecule has 0 spiro atoms. The molecule has 2 aliphatic rings. The van der Waals surface area contributed by atoms with Gasteiger partial charge in [0.25, 0.3) is 0 Å². The lowest BCUT2D eigenvalue weighted by Crippen LogP contribution is -2.46. The number of aromatic nitrogens is 3. The third-order valence-electron chi connectivity index (χ3n) is 5.54. The molecular weight excluding hydrogens is 411 g/mol. The van der Waals surface area contributed by atoms with Crippen LogP contribution in [0.15, 0.2) is 23.2 Å². The van der Waals surface area contributed by atoms with Crippen molar-refractivity contribution in [1.29, 1.82) is 0 Å². The second kappa shape index (κ2) is 9.22. The molecule has 156 valence electrons. The summed E-state index contributed by atoms with van der Waals surface area (Å²) in [7, 11) is 1.83. The Morgan fingerprint density at radius 2 is 1.93 bits per heavy atom. The summed E-state index contributed by atoms with van der Waals surface area (Å²) in [5.41, 5.74) is 0. The summed E-state index contributed by atoms with van der Waals surface area (Å²) in [5.74, 6) is 4.23. The average Bonchev–Trinajstić information content (AvgIpc) is 3.32. The predicted octanol–water partition coefficient (Wildman–Crippen LogP) is 3.40. The van der Waals surface area contributed by atoms with E-state index in [0.717, 1.165) is 68.7 Å². The first-order chi connectivity index (χ1) is 14.1. The molecule has 0 aliphatic carbocycles. The van der Waals surface area contributed by atoms with Crippen LogP contribution in [0.4, 0.5) is 0 Å². The molecule has 7 nitrogen and oxygen atoms in total. The first-order valence-electron chi connectivity index (χ1n) is 10.1. The van der Waals surface area contributed by atoms with Gasteiger partial charge in [0.1, 0.15) is 11.6 Å². The fourth-order valence-electron chi connectivity index (χ4n) is 3.97. The number of rotatable bonds is 5. The van der Waals surface area contributed by atoms with Crippen LogP contribution in [0.3, 0.4) is 0 Å². The Hall–Kier alpha value is -1.99. The Bertz CT molecular complexity index is 856. The zero-order chi connectivity index (χ0) is 20.2. The summed E-state index contributed by atoms with van der Waals surface area (Å²) in [5, 5.41) is 13.2. The molecule has 3 heterocycles. The highest BCUT2D eigenvalue weighted by molar-refractivity contribution is 6.34. The smallest absolute Gasteiger partial charge is 0.194 e. The largest absolute Gasteiger partial charge is 0.493 e. The number of fused-ring (bicyclic) bond motifs is 1. The number of benzene rings is 1. The molecule has 2 aromatic rings. The maximum Gasteiger partial charge on any atom is 0.194 e. The van der Waals surface area contributed by atoms with Crippen LogP contribution in [0, 0.1) is 5.92 Å². The standard InChI is InChI=1S/C20H26Cl2N6O/c1-23-20(24-12-19-26-25-18-3-2-6-28(18)19)27-7-4-14(5-8-27)13-29-17-10-15(21)9-16(22)11-17/h9-11,14H,2-8,12-13H2,1H3,(H,23,24). The number of ether oxygens (including phenoxy) is 1. The van der Waals surface area contributed by atoms with Crippen LogP contribution in [-0.4, -0.2) is 52.4 Å². The van der Waals surface area contributed by atoms with Crippen molar-refractivity contribution in [3.05, 3.63) is 39.9 Å². The molecule has 0 bridgehead atoms. The van der Waals surface area contributed by atoms with Gasteiger partial charge in [-0.1, -0.05) is 23.2 Å². The highest BCUT2D eigenvalue weighted by Crippen LogP contribution is 2.26. The van der Waals surface area contributed by atoms with E-state index in [9.17, 15) is 0 Å². The van der Waals surface area contributed by atoms with Gasteiger partial charge < -0.3 is 19.5 Å². The summed E-state index contributed by atoms with van der Waals surface area (Å²) >= 11 is 12.1. The minimum atomic E-state index is 0.502. The second-order valence-corrected chi connectivity index (χ2v) is 8.41. The number of guanidine groups is 1. The van der Waals surface area contributed by atoms with Crippen LogP contribution < -0.4 is 10.1 Å². The summed E-state index contributed by atoms with van der Waals surface area (Å²) < 4.78 is 8.13. The number of likely N-dealkylation sites (tertiary alicyclic amines) is 1. The van der Waals surface area contributed by atoms with E-state index in [-0.39, 0.29) is 0 Å². The third kappa shape index (κ3) is 4.95. The van der Waals surface area contributed by atoms with E-state index in [1.165, 1.54) is 0 Å². The van der Waals surface area contributed by atoms with E-state index in [2.05, 4.69) is 30.0 Å². The fourth-order valence-corrected chi connectivity index (χ4v) is 4.48. The minimum absolute atomic E-state index is 0.502. The van der Waals surface area contributed by atoms with Gasteiger partial charge in [0.2, 0.25) is 0 Å². The zero-order valence-electron chi connectivity index (χ0n) is 16.6. The van der Waals surface area contributed by atoms with Gasteiger partial charge in [0.05, 0.1) is 13.2 Å². The molecular formula is C20H26Cl2N6O. The molecule has 2 aliphatic heterocycles. The van der Waals surface area contributed by atoms with E-state index in [0.29, 0.717) is 29.1 Å². The minimum Gasteiger partial charge on any atom is -0.493 e. The Balaban J connectivity index is 1.24. The summed E-state index contributed by atoms with van der Waals surface area (Å²) in [6.45, 7) is 4.23. The van der Waals surface area contributed by atoms with Crippen molar-refractivity contribution in [2.24, 2.45) is 10.9 Å². The highest BCUT2D eigenvalue weighted by Gasteiger charge is 2.23. The van der Waals surface area contributed by atoms with Crippen LogP contribution in [0.25, 0.3) is 0 Å². The van der Waals surface area contributed by atoms with Crippen LogP contribution in [0.2, 0.25) is 10.0 Å². The molecule has 29 heavy (non-hydrogen) atoms. The Morgan fingerprint density at radius 3 is 2.66 bits per heavy atom. The van der Waals surface area contributed by atoms with Gasteiger partial charge in [-0.05, 0) is 43.4 Å². The SMILES string of the molecule is CN=C(NCc1nnc2n1CCC2)N1CCC(COc2cc(Cl)cc(Cl)c2)CC1. The summed E-state index contributed by atoms with van der Waals surface area (Å²) in [6.07, 6.45) is 4.28. The number of halogens is 2. The van der Waals surface area contributed by atoms with Crippen molar-refractivity contribution >= 4 is 29.2 Å². The van der Waals surface area contributed by atoms with Crippen molar-refractivity contribution in [2.45, 2.75) is 38.8 Å². The van der Waals surface area contributed by atoms with Gasteiger partial charge in [-0.15, -0.1) is 10.2 Å². The highest BCUT2D eigenvalue weighted by atomic mass is 35.5. The van der Waals surface area contributed by atoms with E-state index < -0.39 is 0 Å². The van der Waals surface area contributed by atoms with E-state index >= 15 is 0 Å². The molecule has 0 unspecified atom stereocenters. The van der Waals surface area contributed by atoms with Gasteiger partial charge in [-0.25, -0.2) is 0 Å². The lowest BCUT2D eigenvalue weighted by molar-refractivity contribution is 0.179. The third-order valence-corrected chi connectivity index (χ3v) is 5.97. The van der Waals surface area contributed by atoms with Gasteiger partial charge >= 0.3 is 0 Å². The van der Waals surface area contributed by atoms with Crippen molar-refractivity contribution in [1.82, 2.24) is 25.0 Å². The number of piperidine rings is 1. The molecule has 0 atom stereocenters. The second-order valence-electron chi connectivity index (χ2n) is 7.53. The van der Waals surface area contributed by atoms with Crippen LogP contribution in [0.5, 0.6) is 5.75 Å². The number of hydrogen-bond donors (Lipinski definition) is 1. The quantitative estimate of drug-likeness (QED) is 0.574. The normalized spacial score (nSPS) is 17.5. The van der Waals surface area contributed by atoms with Gasteiger partial charge in [0, 0.05) is 43.1 Å². The molecule has 1 N–H and O–H groups in total. The monoisotopic (exact) mass is 436 g/mol. The first-order valence-corrected chi connectivity index (χ1v) is 10.8. The summed E-state index contributed by atoms with van der Waals surface area (Å²) in [6, 6.07) is 5.31. The molecule has 0 saturated carbocycles. The summed E-state index contributed by atoms with van der Waals surface area (Å²) in [4.78, 5) is 6.76. The number of aryl methyl sites for hydroxylation is 1. The molecule has 1 aromatic heterocycles. The van der Waals surface area contributed by atoms with Crippen molar-refractivity contribution in [3.8, 4) is 5.75 Å². The van der Waals surface area contributed by atoms with E-state index in [1.54, 1.807) is 18.2 Å². The molecule has 1 aromatic carbocycles. The van der Waals surface area contributed by atoms with Crippen molar-refractivity contribution < 1.29 is 4.74 Å². The predicted molar refractivity (Wildman–Crippen MR) is 115 cm³/mol. The Kier molecular flexibility index (Phi) is 6.45. The maximum atomic E-state index is 6.04. The average molecular weight is 437 g/mol. The topological polar surface area (TPSA) is 67.6 Å². The molecule has 1 saturated heterocycles. The molecule has 0 radical (unpaired) electrons. The first kappa shape index (κ1) is 20.3. The lowest BCUT2D eigenvalue weighted by Gasteiger charge is -2.34. The molecule has 4 rings (SSSR count). The zero-order valence-corrected chi connectivity index (χ0v) is 18.1. The van der Waals surface area contributed by atoms with Crippen LogP contribution >= 0.6 is 23.2 Å². The van der Waals surface area contributed by atoms with Gasteiger partial charge in [-0.3, -0.25) is 4.99 Å². The van der Waals surface area contributed by atoms with Crippen LogP contribution in [-0.2, 0) is 19.5 Å². The maximum absolute atomic E-state index is 6.04. The van der Waals surface area contributed by atoms with Gasteiger partial charge in [-0.2, -0.15) is 0 Å². The molecule has 9 heteroatoms. The number of hydrogen-bond acceptors (Lipinski definition) is 4. The number of nitrogens with zero attached hydrogens (tertiary/aromatic N) is 5. The van der Waals surface area contributed by atoms with E-state index in [4.69, 9.17) is 27.9 Å². The van der Waals surface area contributed by atoms with Crippen LogP contribution in [0.1, 0.15) is 30.9 Å². The van der Waals surface area contributed by atoms with E-state index in [1.807, 2.05) is 7.05 Å². The fraction of sp³-hybridized carbons (Fsp3) is 0.550. The molecule has 1 fully saturated rings. The van der Waals surface area contributed by atoms with Gasteiger partial charge in [0.15, 0.2) is 11.8 Å².